The predicted octanol–water partition coefficient (Wildman–Crippen LogP) is 3.18. The summed E-state index contributed by atoms with van der Waals surface area (Å²) in [7, 11) is 0. The van der Waals surface area contributed by atoms with Crippen molar-refractivity contribution >= 4 is 28.5 Å². The normalized spacial score (nSPS) is 17.9. The Bertz CT molecular complexity index is 1350. The maximum absolute atomic E-state index is 12.8. The number of hydrogen-bond donors (Lipinski definition) is 2. The zero-order valence-corrected chi connectivity index (χ0v) is 19.1. The van der Waals surface area contributed by atoms with Crippen molar-refractivity contribution in [3.05, 3.63) is 65.8 Å². The van der Waals surface area contributed by atoms with E-state index in [0.29, 0.717) is 24.7 Å². The highest BCUT2D eigenvalue weighted by molar-refractivity contribution is 6.32. The Morgan fingerprint density at radius 2 is 1.97 bits per heavy atom. The van der Waals surface area contributed by atoms with Gasteiger partial charge < -0.3 is 15.0 Å². The number of carbonyl (C=O) groups excluding carboxylic acids is 1. The number of nitrogens with zero attached hydrogens (tertiary/aromatic N) is 6. The monoisotopic (exact) mass is 476 g/mol. The number of aromatic amines is 1. The van der Waals surface area contributed by atoms with Crippen molar-refractivity contribution in [2.75, 3.05) is 26.2 Å². The van der Waals surface area contributed by atoms with Gasteiger partial charge in [0.05, 0.1) is 16.9 Å². The van der Waals surface area contributed by atoms with E-state index in [1.165, 1.54) is 18.2 Å². The molecule has 1 aromatic carbocycles. The third-order valence-electron chi connectivity index (χ3n) is 6.77. The SMILES string of the molecule is O=C(c1ccc(O)c(Cl)c1)N1CCC(N2C[C](n3cc(-c4ncnc5[nH]ccc45)cn3)C2)CC1. The lowest BCUT2D eigenvalue weighted by Gasteiger charge is -2.46. The van der Waals surface area contributed by atoms with Crippen molar-refractivity contribution in [2.45, 2.75) is 18.9 Å². The molecule has 2 aliphatic heterocycles. The van der Waals surface area contributed by atoms with Gasteiger partial charge in [-0.1, -0.05) is 11.6 Å². The van der Waals surface area contributed by atoms with E-state index >= 15 is 0 Å². The van der Waals surface area contributed by atoms with Gasteiger partial charge in [-0.05, 0) is 37.1 Å². The second-order valence-corrected chi connectivity index (χ2v) is 9.20. The van der Waals surface area contributed by atoms with E-state index in [1.54, 1.807) is 12.4 Å². The molecule has 4 aromatic rings. The van der Waals surface area contributed by atoms with Crippen LogP contribution in [0.2, 0.25) is 5.02 Å². The summed E-state index contributed by atoms with van der Waals surface area (Å²) in [4.78, 5) is 28.9. The third-order valence-corrected chi connectivity index (χ3v) is 7.07. The molecular weight excluding hydrogens is 454 g/mol. The summed E-state index contributed by atoms with van der Waals surface area (Å²) in [5.74, 6) is -0.0533. The lowest BCUT2D eigenvalue weighted by atomic mass is 9.97. The fraction of sp³-hybridized carbons (Fsp3) is 0.292. The number of rotatable bonds is 4. The molecule has 2 N–H and O–H groups in total. The minimum absolute atomic E-state index is 0.0131. The van der Waals surface area contributed by atoms with Crippen LogP contribution in [-0.4, -0.2) is 77.8 Å². The molecular formula is C24H23ClN7O2. The second kappa shape index (κ2) is 8.41. The van der Waals surface area contributed by atoms with E-state index in [-0.39, 0.29) is 16.7 Å². The zero-order valence-electron chi connectivity index (χ0n) is 18.4. The van der Waals surface area contributed by atoms with E-state index < -0.39 is 0 Å². The first-order valence-corrected chi connectivity index (χ1v) is 11.6. The molecule has 10 heteroatoms. The molecule has 5 heterocycles. The summed E-state index contributed by atoms with van der Waals surface area (Å²) in [6.45, 7) is 3.16. The lowest BCUT2D eigenvalue weighted by Crippen LogP contribution is -2.56. The summed E-state index contributed by atoms with van der Waals surface area (Å²) in [5.41, 5.74) is 3.18. The molecule has 0 bridgehead atoms. The summed E-state index contributed by atoms with van der Waals surface area (Å²) in [5, 5.41) is 15.3. The molecule has 6 rings (SSSR count). The van der Waals surface area contributed by atoms with Gasteiger partial charge in [0.15, 0.2) is 0 Å². The number of halogens is 1. The maximum Gasteiger partial charge on any atom is 0.253 e. The number of hydrogen-bond acceptors (Lipinski definition) is 6. The average molecular weight is 477 g/mol. The molecule has 0 saturated carbocycles. The van der Waals surface area contributed by atoms with Crippen LogP contribution in [0.3, 0.4) is 0 Å². The number of carbonyl (C=O) groups is 1. The number of aromatic hydroxyl groups is 1. The van der Waals surface area contributed by atoms with E-state index in [0.717, 1.165) is 48.2 Å². The van der Waals surface area contributed by atoms with E-state index in [1.807, 2.05) is 34.2 Å². The highest BCUT2D eigenvalue weighted by atomic mass is 35.5. The number of fused-ring (bicyclic) bond motifs is 1. The van der Waals surface area contributed by atoms with Gasteiger partial charge >= 0.3 is 0 Å². The molecule has 0 unspecified atom stereocenters. The molecule has 0 atom stereocenters. The summed E-state index contributed by atoms with van der Waals surface area (Å²) < 4.78 is 1.96. The quantitative estimate of drug-likeness (QED) is 0.469. The number of phenols is 1. The zero-order chi connectivity index (χ0) is 23.2. The largest absolute Gasteiger partial charge is 0.506 e. The van der Waals surface area contributed by atoms with Crippen LogP contribution in [0.15, 0.2) is 49.2 Å². The minimum Gasteiger partial charge on any atom is -0.506 e. The molecule has 34 heavy (non-hydrogen) atoms. The van der Waals surface area contributed by atoms with E-state index in [4.69, 9.17) is 11.6 Å². The Kier molecular flexibility index (Phi) is 5.23. The van der Waals surface area contributed by atoms with Crippen LogP contribution in [0.5, 0.6) is 5.75 Å². The Balaban J connectivity index is 1.05. The highest BCUT2D eigenvalue weighted by Crippen LogP contribution is 2.31. The number of nitrogens with one attached hydrogen (secondary N) is 1. The topological polar surface area (TPSA) is 103 Å². The molecule has 1 radical (unpaired) electrons. The summed E-state index contributed by atoms with van der Waals surface area (Å²) in [6, 6.07) is 8.30. The van der Waals surface area contributed by atoms with Crippen molar-refractivity contribution in [3.63, 3.8) is 0 Å². The average Bonchev–Trinajstić information content (AvgIpc) is 3.50. The number of phenolic OH excluding ortho intramolecular Hbond substituents is 1. The number of amides is 1. The van der Waals surface area contributed by atoms with Crippen molar-refractivity contribution < 1.29 is 9.90 Å². The number of H-pyrrole nitrogens is 1. The van der Waals surface area contributed by atoms with Crippen LogP contribution in [0.25, 0.3) is 22.3 Å². The van der Waals surface area contributed by atoms with Gasteiger partial charge in [0, 0.05) is 61.1 Å². The Morgan fingerprint density at radius 3 is 2.76 bits per heavy atom. The first kappa shape index (κ1) is 21.1. The van der Waals surface area contributed by atoms with Gasteiger partial charge in [-0.3, -0.25) is 14.4 Å². The standard InChI is InChI=1S/C24H23ClN7O2/c25-20-9-15(1-2-21(20)33)24(34)30-7-4-17(5-8-30)31-12-18(13-31)32-11-16(10-29-32)22-19-3-6-26-23(19)28-14-27-22/h1-3,6,9-11,14,17,33H,4-5,7-8,12-13H2,(H,26,27,28). The third kappa shape index (κ3) is 3.70. The molecule has 0 spiro atoms. The molecule has 2 fully saturated rings. The molecule has 2 aliphatic rings. The summed E-state index contributed by atoms with van der Waals surface area (Å²) in [6.07, 6.45) is 9.18. The molecule has 1 amide bonds. The van der Waals surface area contributed by atoms with Gasteiger partial charge in [0.2, 0.25) is 0 Å². The van der Waals surface area contributed by atoms with Crippen LogP contribution < -0.4 is 0 Å². The molecule has 2 saturated heterocycles. The van der Waals surface area contributed by atoms with Crippen molar-refractivity contribution in [2.24, 2.45) is 0 Å². The Labute approximate surface area is 201 Å². The van der Waals surface area contributed by atoms with Gasteiger partial charge in [-0.2, -0.15) is 5.10 Å². The van der Waals surface area contributed by atoms with Crippen LogP contribution >= 0.6 is 11.6 Å². The van der Waals surface area contributed by atoms with Gasteiger partial charge in [0.1, 0.15) is 23.8 Å². The van der Waals surface area contributed by atoms with Crippen molar-refractivity contribution in [3.8, 4) is 17.0 Å². The predicted molar refractivity (Wildman–Crippen MR) is 127 cm³/mol. The molecule has 3 aromatic heterocycles. The highest BCUT2D eigenvalue weighted by Gasteiger charge is 2.37. The van der Waals surface area contributed by atoms with E-state index in [9.17, 15) is 9.90 Å². The van der Waals surface area contributed by atoms with Gasteiger partial charge in [0.25, 0.3) is 5.91 Å². The smallest absolute Gasteiger partial charge is 0.253 e. The lowest BCUT2D eigenvalue weighted by molar-refractivity contribution is 0.0515. The van der Waals surface area contributed by atoms with Crippen LogP contribution in [0.4, 0.5) is 0 Å². The number of benzene rings is 1. The van der Waals surface area contributed by atoms with Gasteiger partial charge in [-0.25, -0.2) is 9.97 Å². The molecule has 9 nitrogen and oxygen atoms in total. The number of piperidine rings is 1. The fourth-order valence-corrected chi connectivity index (χ4v) is 4.98. The van der Waals surface area contributed by atoms with Crippen LogP contribution in [-0.2, 0) is 0 Å². The van der Waals surface area contributed by atoms with E-state index in [2.05, 4.69) is 25.0 Å². The minimum atomic E-state index is -0.0402. The summed E-state index contributed by atoms with van der Waals surface area (Å²) >= 11 is 5.96. The molecule has 173 valence electrons. The number of likely N-dealkylation sites (tertiary alicyclic amines) is 2. The fourth-order valence-electron chi connectivity index (χ4n) is 4.80. The maximum atomic E-state index is 12.8. The number of aromatic nitrogens is 5. The Morgan fingerprint density at radius 1 is 1.15 bits per heavy atom. The Hall–Kier alpha value is -3.43. The first-order chi connectivity index (χ1) is 16.6. The van der Waals surface area contributed by atoms with Gasteiger partial charge in [-0.15, -0.1) is 0 Å². The van der Waals surface area contributed by atoms with Crippen LogP contribution in [0.1, 0.15) is 23.2 Å². The van der Waals surface area contributed by atoms with Crippen molar-refractivity contribution in [1.82, 2.24) is 34.5 Å². The molecule has 0 aliphatic carbocycles. The first-order valence-electron chi connectivity index (χ1n) is 11.3. The second-order valence-electron chi connectivity index (χ2n) is 8.80. The van der Waals surface area contributed by atoms with Crippen molar-refractivity contribution in [1.29, 1.82) is 0 Å². The van der Waals surface area contributed by atoms with Crippen LogP contribution in [0, 0.1) is 6.04 Å².